The topological polar surface area (TPSA) is 48.1 Å². The summed E-state index contributed by atoms with van der Waals surface area (Å²) in [5, 5.41) is 0. The summed E-state index contributed by atoms with van der Waals surface area (Å²) >= 11 is 0. The summed E-state index contributed by atoms with van der Waals surface area (Å²) in [6, 6.07) is 12.1. The van der Waals surface area contributed by atoms with Crippen molar-refractivity contribution in [2.75, 3.05) is 13.7 Å². The van der Waals surface area contributed by atoms with Gasteiger partial charge in [-0.2, -0.15) is 0 Å². The van der Waals surface area contributed by atoms with Gasteiger partial charge in [-0.25, -0.2) is 0 Å². The molecule has 18 heavy (non-hydrogen) atoms. The number of hydrogen-bond donors (Lipinski definition) is 1. The molecule has 0 spiro atoms. The van der Waals surface area contributed by atoms with Crippen molar-refractivity contribution in [1.82, 2.24) is 4.98 Å². The van der Waals surface area contributed by atoms with Crippen molar-refractivity contribution in [1.29, 1.82) is 0 Å². The van der Waals surface area contributed by atoms with Crippen LogP contribution in [0.4, 0.5) is 0 Å². The summed E-state index contributed by atoms with van der Waals surface area (Å²) in [5.74, 6) is 1.17. The summed E-state index contributed by atoms with van der Waals surface area (Å²) in [6.45, 7) is 0.600. The molecule has 2 N–H and O–H groups in total. The van der Waals surface area contributed by atoms with Crippen LogP contribution in [-0.2, 0) is 6.42 Å². The highest BCUT2D eigenvalue weighted by Gasteiger charge is 2.14. The van der Waals surface area contributed by atoms with Crippen LogP contribution in [0.3, 0.4) is 0 Å². The molecule has 2 rings (SSSR count). The van der Waals surface area contributed by atoms with Crippen molar-refractivity contribution in [3.8, 4) is 5.75 Å². The van der Waals surface area contributed by atoms with Crippen LogP contribution in [0.5, 0.6) is 5.75 Å². The average molecular weight is 242 g/mol. The number of benzene rings is 1. The normalized spacial score (nSPS) is 12.1. The van der Waals surface area contributed by atoms with Gasteiger partial charge in [0.1, 0.15) is 5.75 Å². The highest BCUT2D eigenvalue weighted by molar-refractivity contribution is 5.37. The van der Waals surface area contributed by atoms with E-state index in [4.69, 9.17) is 10.5 Å². The largest absolute Gasteiger partial charge is 0.496 e. The lowest BCUT2D eigenvalue weighted by molar-refractivity contribution is 0.405. The molecule has 1 unspecified atom stereocenters. The average Bonchev–Trinajstić information content (AvgIpc) is 2.46. The van der Waals surface area contributed by atoms with Gasteiger partial charge in [-0.15, -0.1) is 0 Å². The summed E-state index contributed by atoms with van der Waals surface area (Å²) in [7, 11) is 1.69. The van der Waals surface area contributed by atoms with Crippen molar-refractivity contribution >= 4 is 0 Å². The molecule has 0 amide bonds. The Hall–Kier alpha value is -1.87. The van der Waals surface area contributed by atoms with E-state index >= 15 is 0 Å². The maximum atomic E-state index is 5.91. The maximum Gasteiger partial charge on any atom is 0.122 e. The summed E-state index contributed by atoms with van der Waals surface area (Å²) in [5.41, 5.74) is 8.31. The van der Waals surface area contributed by atoms with Crippen molar-refractivity contribution < 1.29 is 4.74 Å². The first-order valence-corrected chi connectivity index (χ1v) is 6.07. The van der Waals surface area contributed by atoms with Crippen molar-refractivity contribution in [2.45, 2.75) is 12.3 Å². The monoisotopic (exact) mass is 242 g/mol. The van der Waals surface area contributed by atoms with E-state index in [2.05, 4.69) is 11.1 Å². The molecule has 0 aliphatic carbocycles. The first-order valence-electron chi connectivity index (χ1n) is 6.07. The molecule has 1 atom stereocenters. The number of hydrogen-bond acceptors (Lipinski definition) is 3. The van der Waals surface area contributed by atoms with Gasteiger partial charge < -0.3 is 10.5 Å². The van der Waals surface area contributed by atoms with Crippen LogP contribution in [-0.4, -0.2) is 18.6 Å². The van der Waals surface area contributed by atoms with Crippen LogP contribution in [0.15, 0.2) is 48.8 Å². The van der Waals surface area contributed by atoms with E-state index in [1.165, 1.54) is 11.1 Å². The number of methoxy groups -OCH3 is 1. The lowest BCUT2D eigenvalue weighted by Gasteiger charge is -2.18. The first-order chi connectivity index (χ1) is 8.85. The fourth-order valence-corrected chi connectivity index (χ4v) is 2.13. The molecule has 2 aromatic rings. The van der Waals surface area contributed by atoms with Gasteiger partial charge in [-0.05, 0) is 42.3 Å². The van der Waals surface area contributed by atoms with Gasteiger partial charge >= 0.3 is 0 Å². The molecule has 94 valence electrons. The Labute approximate surface area is 108 Å². The Morgan fingerprint density at radius 1 is 1.17 bits per heavy atom. The number of nitrogens with two attached hydrogens (primary N) is 1. The Morgan fingerprint density at radius 2 is 1.89 bits per heavy atom. The van der Waals surface area contributed by atoms with E-state index in [0.717, 1.165) is 12.2 Å². The smallest absolute Gasteiger partial charge is 0.122 e. The van der Waals surface area contributed by atoms with Crippen molar-refractivity contribution in [3.05, 3.63) is 59.9 Å². The second kappa shape index (κ2) is 6.17. The zero-order valence-corrected chi connectivity index (χ0v) is 10.5. The third kappa shape index (κ3) is 2.87. The zero-order valence-electron chi connectivity index (χ0n) is 10.5. The van der Waals surface area contributed by atoms with Gasteiger partial charge in [0, 0.05) is 18.3 Å². The molecule has 3 nitrogen and oxygen atoms in total. The number of rotatable bonds is 5. The van der Waals surface area contributed by atoms with Crippen molar-refractivity contribution in [3.63, 3.8) is 0 Å². The van der Waals surface area contributed by atoms with Crippen LogP contribution < -0.4 is 10.5 Å². The standard InChI is InChI=1S/C15H18N2O/c1-18-15-5-3-2-4-14(15)13(11-16)10-12-6-8-17-9-7-12/h2-9,13H,10-11,16H2,1H3. The van der Waals surface area contributed by atoms with E-state index in [1.807, 2.05) is 42.7 Å². The van der Waals surface area contributed by atoms with Crippen LogP contribution in [0.25, 0.3) is 0 Å². The van der Waals surface area contributed by atoms with E-state index < -0.39 is 0 Å². The molecule has 0 radical (unpaired) electrons. The number of pyridine rings is 1. The minimum Gasteiger partial charge on any atom is -0.496 e. The van der Waals surface area contributed by atoms with Gasteiger partial charge in [-0.3, -0.25) is 4.98 Å². The third-order valence-corrected chi connectivity index (χ3v) is 3.09. The van der Waals surface area contributed by atoms with Crippen LogP contribution in [0.1, 0.15) is 17.0 Å². The Kier molecular flexibility index (Phi) is 4.31. The lowest BCUT2D eigenvalue weighted by Crippen LogP contribution is -2.15. The van der Waals surface area contributed by atoms with E-state index in [9.17, 15) is 0 Å². The molecule has 0 saturated carbocycles. The molecule has 1 aromatic heterocycles. The summed E-state index contributed by atoms with van der Waals surface area (Å²) < 4.78 is 5.40. The molecule has 0 aliphatic heterocycles. The van der Waals surface area contributed by atoms with E-state index in [-0.39, 0.29) is 5.92 Å². The third-order valence-electron chi connectivity index (χ3n) is 3.09. The zero-order chi connectivity index (χ0) is 12.8. The molecule has 0 aliphatic rings. The Balaban J connectivity index is 2.23. The summed E-state index contributed by atoms with van der Waals surface area (Å²) in [6.07, 6.45) is 4.52. The molecule has 0 fully saturated rings. The van der Waals surface area contributed by atoms with E-state index in [1.54, 1.807) is 7.11 Å². The van der Waals surface area contributed by atoms with Crippen LogP contribution in [0.2, 0.25) is 0 Å². The molecule has 1 aromatic carbocycles. The fraction of sp³-hybridized carbons (Fsp3) is 0.267. The fourth-order valence-electron chi connectivity index (χ4n) is 2.13. The van der Waals surface area contributed by atoms with E-state index in [0.29, 0.717) is 6.54 Å². The number of ether oxygens (including phenoxy) is 1. The van der Waals surface area contributed by atoms with Gasteiger partial charge in [0.2, 0.25) is 0 Å². The quantitative estimate of drug-likeness (QED) is 0.875. The van der Waals surface area contributed by atoms with Gasteiger partial charge in [0.05, 0.1) is 7.11 Å². The minimum absolute atomic E-state index is 0.267. The molecule has 1 heterocycles. The Bertz CT molecular complexity index is 485. The molecule has 3 heteroatoms. The highest BCUT2D eigenvalue weighted by atomic mass is 16.5. The first kappa shape index (κ1) is 12.6. The van der Waals surface area contributed by atoms with Gasteiger partial charge in [-0.1, -0.05) is 18.2 Å². The molecule has 0 bridgehead atoms. The second-order valence-corrected chi connectivity index (χ2v) is 4.23. The minimum atomic E-state index is 0.267. The number of nitrogens with zero attached hydrogens (tertiary/aromatic N) is 1. The second-order valence-electron chi connectivity index (χ2n) is 4.23. The van der Waals surface area contributed by atoms with Crippen molar-refractivity contribution in [2.24, 2.45) is 5.73 Å². The van der Waals surface area contributed by atoms with Gasteiger partial charge in [0.15, 0.2) is 0 Å². The number of aromatic nitrogens is 1. The predicted molar refractivity (Wildman–Crippen MR) is 72.7 cm³/mol. The van der Waals surface area contributed by atoms with Crippen LogP contribution >= 0.6 is 0 Å². The van der Waals surface area contributed by atoms with Crippen LogP contribution in [0, 0.1) is 0 Å². The molecular weight excluding hydrogens is 224 g/mol. The molecule has 0 saturated heterocycles. The highest BCUT2D eigenvalue weighted by Crippen LogP contribution is 2.28. The van der Waals surface area contributed by atoms with Gasteiger partial charge in [0.25, 0.3) is 0 Å². The summed E-state index contributed by atoms with van der Waals surface area (Å²) in [4.78, 5) is 4.03. The maximum absolute atomic E-state index is 5.91. The SMILES string of the molecule is COc1ccccc1C(CN)Cc1ccncc1. The number of para-hydroxylation sites is 1. The predicted octanol–water partition coefficient (Wildman–Crippen LogP) is 2.38. The lowest BCUT2D eigenvalue weighted by atomic mass is 9.92. The Morgan fingerprint density at radius 3 is 2.56 bits per heavy atom. The molecular formula is C15H18N2O.